The number of hydrogen-bond acceptors (Lipinski definition) is 4. The Labute approximate surface area is 158 Å². The van der Waals surface area contributed by atoms with E-state index in [0.717, 1.165) is 18.4 Å². The Bertz CT molecular complexity index is 968. The number of amides is 1. The summed E-state index contributed by atoms with van der Waals surface area (Å²) in [4.78, 5) is 17.7. The Hall–Kier alpha value is -3.16. The maximum atomic E-state index is 12.6. The van der Waals surface area contributed by atoms with Crippen LogP contribution in [0.2, 0.25) is 0 Å². The summed E-state index contributed by atoms with van der Waals surface area (Å²) < 4.78 is 42.2. The van der Waals surface area contributed by atoms with Gasteiger partial charge in [-0.2, -0.15) is 18.2 Å². The summed E-state index contributed by atoms with van der Waals surface area (Å²) in [6, 6.07) is 16.3. The van der Waals surface area contributed by atoms with E-state index in [0.29, 0.717) is 17.7 Å². The molecule has 1 aliphatic rings. The molecule has 0 spiro atoms. The van der Waals surface area contributed by atoms with Crippen LogP contribution in [-0.4, -0.2) is 16.0 Å². The van der Waals surface area contributed by atoms with Crippen molar-refractivity contribution in [3.05, 3.63) is 66.1 Å². The van der Waals surface area contributed by atoms with Crippen LogP contribution in [-0.2, 0) is 11.0 Å². The number of carbonyl (C=O) groups is 1. The monoisotopic (exact) mass is 387 g/mol. The maximum Gasteiger partial charge on any atom is 0.471 e. The fraction of sp³-hybridized carbons (Fsp3) is 0.250. The van der Waals surface area contributed by atoms with Crippen LogP contribution in [0.5, 0.6) is 0 Å². The smallest absolute Gasteiger partial charge is 0.329 e. The van der Waals surface area contributed by atoms with Crippen LogP contribution in [0.1, 0.15) is 36.8 Å². The van der Waals surface area contributed by atoms with E-state index in [-0.39, 0.29) is 17.8 Å². The molecule has 1 atom stereocenters. The van der Waals surface area contributed by atoms with Gasteiger partial charge in [0.15, 0.2) is 0 Å². The fourth-order valence-corrected chi connectivity index (χ4v) is 3.41. The lowest BCUT2D eigenvalue weighted by Crippen LogP contribution is -2.38. The van der Waals surface area contributed by atoms with Gasteiger partial charge in [0.25, 0.3) is 0 Å². The second-order valence-corrected chi connectivity index (χ2v) is 6.55. The summed E-state index contributed by atoms with van der Waals surface area (Å²) in [6.07, 6.45) is -2.56. The number of hydrogen-bond donors (Lipinski definition) is 0. The van der Waals surface area contributed by atoms with E-state index in [2.05, 4.69) is 14.7 Å². The first kappa shape index (κ1) is 18.2. The van der Waals surface area contributed by atoms with Crippen molar-refractivity contribution in [1.82, 2.24) is 10.1 Å². The zero-order valence-electron chi connectivity index (χ0n) is 14.7. The lowest BCUT2D eigenvalue weighted by atomic mass is 9.94. The molecular weight excluding hydrogens is 371 g/mol. The number of benzene rings is 2. The third-order valence-electron chi connectivity index (χ3n) is 4.71. The van der Waals surface area contributed by atoms with Crippen LogP contribution >= 0.6 is 0 Å². The topological polar surface area (TPSA) is 59.2 Å². The zero-order chi connectivity index (χ0) is 19.7. The van der Waals surface area contributed by atoms with Gasteiger partial charge < -0.3 is 9.42 Å². The van der Waals surface area contributed by atoms with Crippen molar-refractivity contribution >= 4 is 11.6 Å². The van der Waals surface area contributed by atoms with Crippen molar-refractivity contribution in [1.29, 1.82) is 0 Å². The molecule has 1 saturated heterocycles. The molecule has 0 bridgehead atoms. The van der Waals surface area contributed by atoms with E-state index in [4.69, 9.17) is 0 Å². The Morgan fingerprint density at radius 2 is 1.75 bits per heavy atom. The summed E-state index contributed by atoms with van der Waals surface area (Å²) >= 11 is 0. The van der Waals surface area contributed by atoms with Crippen molar-refractivity contribution < 1.29 is 22.5 Å². The quantitative estimate of drug-likeness (QED) is 0.634. The number of carbonyl (C=O) groups excluding carboxylic acids is 1. The van der Waals surface area contributed by atoms with Gasteiger partial charge in [0.05, 0.1) is 6.04 Å². The van der Waals surface area contributed by atoms with Crippen LogP contribution in [0.15, 0.2) is 59.1 Å². The van der Waals surface area contributed by atoms with Gasteiger partial charge in [-0.1, -0.05) is 35.5 Å². The van der Waals surface area contributed by atoms with Crippen molar-refractivity contribution in [2.75, 3.05) is 4.90 Å². The largest absolute Gasteiger partial charge is 0.471 e. The number of aromatic nitrogens is 2. The van der Waals surface area contributed by atoms with Gasteiger partial charge in [-0.05, 0) is 42.7 Å². The first-order chi connectivity index (χ1) is 13.4. The standard InChI is InChI=1S/C20H16F3N3O2/c21-20(22,23)19-24-18(25-28-19)14-9-11-15(12-10-14)26-16(7-4-8-17(26)27)13-5-2-1-3-6-13/h1-3,5-6,9-12,16H,4,7-8H2. The van der Waals surface area contributed by atoms with Gasteiger partial charge in [0.2, 0.25) is 11.7 Å². The maximum absolute atomic E-state index is 12.6. The molecule has 8 heteroatoms. The number of nitrogens with zero attached hydrogens (tertiary/aromatic N) is 3. The summed E-state index contributed by atoms with van der Waals surface area (Å²) in [5.74, 6) is -1.52. The van der Waals surface area contributed by atoms with Crippen LogP contribution in [0, 0.1) is 0 Å². The van der Waals surface area contributed by atoms with Gasteiger partial charge in [-0.25, -0.2) is 0 Å². The SMILES string of the molecule is O=C1CCCC(c2ccccc2)N1c1ccc(-c2noc(C(F)(F)F)n2)cc1. The van der Waals surface area contributed by atoms with E-state index in [1.54, 1.807) is 29.2 Å². The molecule has 1 amide bonds. The van der Waals surface area contributed by atoms with E-state index >= 15 is 0 Å². The van der Waals surface area contributed by atoms with E-state index in [1.807, 2.05) is 30.3 Å². The molecule has 2 aromatic carbocycles. The molecule has 3 aromatic rings. The Morgan fingerprint density at radius 1 is 1.04 bits per heavy atom. The van der Waals surface area contributed by atoms with Gasteiger partial charge in [0.1, 0.15) is 0 Å². The normalized spacial score (nSPS) is 17.8. The Kier molecular flexibility index (Phi) is 4.62. The zero-order valence-corrected chi connectivity index (χ0v) is 14.7. The highest BCUT2D eigenvalue weighted by Crippen LogP contribution is 2.36. The molecule has 0 aliphatic carbocycles. The lowest BCUT2D eigenvalue weighted by Gasteiger charge is -2.36. The van der Waals surface area contributed by atoms with Gasteiger partial charge in [-0.3, -0.25) is 4.79 Å². The average molecular weight is 387 g/mol. The van der Waals surface area contributed by atoms with Crippen molar-refractivity contribution in [3.8, 4) is 11.4 Å². The third kappa shape index (κ3) is 3.49. The third-order valence-corrected chi connectivity index (χ3v) is 4.71. The Balaban J connectivity index is 1.63. The number of halogens is 3. The highest BCUT2D eigenvalue weighted by molar-refractivity contribution is 5.95. The highest BCUT2D eigenvalue weighted by atomic mass is 19.4. The molecule has 0 radical (unpaired) electrons. The molecule has 0 saturated carbocycles. The molecule has 1 aromatic heterocycles. The summed E-state index contributed by atoms with van der Waals surface area (Å²) in [5.41, 5.74) is 2.11. The molecule has 144 valence electrons. The second-order valence-electron chi connectivity index (χ2n) is 6.55. The molecule has 5 nitrogen and oxygen atoms in total. The average Bonchev–Trinajstić information content (AvgIpc) is 3.19. The summed E-state index contributed by atoms with van der Waals surface area (Å²) in [7, 11) is 0. The fourth-order valence-electron chi connectivity index (χ4n) is 3.41. The van der Waals surface area contributed by atoms with Crippen LogP contribution in [0.25, 0.3) is 11.4 Å². The minimum atomic E-state index is -4.69. The molecule has 1 aliphatic heterocycles. The predicted octanol–water partition coefficient (Wildman–Crippen LogP) is 5.01. The molecule has 0 N–H and O–H groups in total. The van der Waals surface area contributed by atoms with Crippen LogP contribution in [0.3, 0.4) is 0 Å². The van der Waals surface area contributed by atoms with Gasteiger partial charge in [-0.15, -0.1) is 0 Å². The Morgan fingerprint density at radius 3 is 2.39 bits per heavy atom. The van der Waals surface area contributed by atoms with Crippen molar-refractivity contribution in [2.24, 2.45) is 0 Å². The van der Waals surface area contributed by atoms with Crippen molar-refractivity contribution in [3.63, 3.8) is 0 Å². The first-order valence-corrected chi connectivity index (χ1v) is 8.82. The van der Waals surface area contributed by atoms with E-state index < -0.39 is 12.1 Å². The number of rotatable bonds is 3. The highest BCUT2D eigenvalue weighted by Gasteiger charge is 2.38. The summed E-state index contributed by atoms with van der Waals surface area (Å²) in [5, 5.41) is 3.39. The lowest BCUT2D eigenvalue weighted by molar-refractivity contribution is -0.159. The molecule has 1 fully saturated rings. The van der Waals surface area contributed by atoms with E-state index in [1.165, 1.54) is 0 Å². The van der Waals surface area contributed by atoms with E-state index in [9.17, 15) is 18.0 Å². The minimum absolute atomic E-state index is 0.0202. The number of piperidine rings is 1. The van der Waals surface area contributed by atoms with Crippen molar-refractivity contribution in [2.45, 2.75) is 31.5 Å². The molecule has 2 heterocycles. The first-order valence-electron chi connectivity index (χ1n) is 8.82. The number of alkyl halides is 3. The number of anilines is 1. The summed E-state index contributed by atoms with van der Waals surface area (Å²) in [6.45, 7) is 0. The second kappa shape index (κ2) is 7.10. The molecule has 1 unspecified atom stereocenters. The van der Waals surface area contributed by atoms with Gasteiger partial charge in [0, 0.05) is 17.7 Å². The molecular formula is C20H16F3N3O2. The van der Waals surface area contributed by atoms with Crippen LogP contribution < -0.4 is 4.90 Å². The molecule has 28 heavy (non-hydrogen) atoms. The van der Waals surface area contributed by atoms with Gasteiger partial charge >= 0.3 is 12.1 Å². The predicted molar refractivity (Wildman–Crippen MR) is 95.3 cm³/mol. The van der Waals surface area contributed by atoms with Crippen LogP contribution in [0.4, 0.5) is 18.9 Å². The molecule has 4 rings (SSSR count). The minimum Gasteiger partial charge on any atom is -0.329 e.